The van der Waals surface area contributed by atoms with E-state index < -0.39 is 0 Å². The molecule has 2 aromatic carbocycles. The molecular formula is C23H35IN4O3. The Labute approximate surface area is 203 Å². The van der Waals surface area contributed by atoms with Gasteiger partial charge in [0.05, 0.1) is 26.9 Å². The zero-order chi connectivity index (χ0) is 21.8. The third-order valence-corrected chi connectivity index (χ3v) is 4.73. The number of halogens is 1. The molecule has 2 N–H and O–H groups in total. The second-order valence-corrected chi connectivity index (χ2v) is 6.99. The highest BCUT2D eigenvalue weighted by molar-refractivity contribution is 14.0. The zero-order valence-electron chi connectivity index (χ0n) is 19.1. The van der Waals surface area contributed by atoms with Crippen molar-refractivity contribution in [1.29, 1.82) is 0 Å². The number of rotatable bonds is 11. The Hall–Kier alpha value is -2.20. The van der Waals surface area contributed by atoms with E-state index in [4.69, 9.17) is 14.2 Å². The number of benzene rings is 2. The Morgan fingerprint density at radius 1 is 1.00 bits per heavy atom. The van der Waals surface area contributed by atoms with Crippen LogP contribution in [0.15, 0.2) is 53.5 Å². The second kappa shape index (κ2) is 14.7. The molecule has 0 aliphatic carbocycles. The maximum Gasteiger partial charge on any atom is 0.191 e. The molecule has 0 bridgehead atoms. The number of nitrogens with one attached hydrogen (secondary N) is 2. The van der Waals surface area contributed by atoms with Gasteiger partial charge in [-0.05, 0) is 50.3 Å². The predicted octanol–water partition coefficient (Wildman–Crippen LogP) is 3.56. The minimum absolute atomic E-state index is 0. The average molecular weight is 542 g/mol. The predicted molar refractivity (Wildman–Crippen MR) is 137 cm³/mol. The number of guanidine groups is 1. The number of hydrogen-bond donors (Lipinski definition) is 2. The van der Waals surface area contributed by atoms with Gasteiger partial charge in [-0.2, -0.15) is 0 Å². The lowest BCUT2D eigenvalue weighted by Gasteiger charge is -2.26. The van der Waals surface area contributed by atoms with E-state index in [9.17, 15) is 0 Å². The molecular weight excluding hydrogens is 507 g/mol. The van der Waals surface area contributed by atoms with Gasteiger partial charge in [-0.1, -0.05) is 24.3 Å². The molecule has 0 aliphatic rings. The minimum atomic E-state index is 0. The lowest BCUT2D eigenvalue weighted by atomic mass is 10.1. The largest absolute Gasteiger partial charge is 0.494 e. The summed E-state index contributed by atoms with van der Waals surface area (Å²) in [5.74, 6) is 3.11. The fourth-order valence-electron chi connectivity index (χ4n) is 3.06. The fraction of sp³-hybridized carbons (Fsp3) is 0.435. The summed E-state index contributed by atoms with van der Waals surface area (Å²) in [5.41, 5.74) is 1.14. The van der Waals surface area contributed by atoms with Crippen molar-refractivity contribution < 1.29 is 14.2 Å². The molecule has 0 saturated heterocycles. The molecule has 7 nitrogen and oxygen atoms in total. The summed E-state index contributed by atoms with van der Waals surface area (Å²) in [7, 11) is 9.18. The van der Waals surface area contributed by atoms with Gasteiger partial charge in [0.2, 0.25) is 0 Å². The van der Waals surface area contributed by atoms with E-state index in [2.05, 4.69) is 40.7 Å². The standard InChI is InChI=1S/C23H34N4O3.HI/c1-24-23(25-14-9-15-30-19-10-7-6-8-11-19)26-17-20(27(2)3)18-12-13-21(28-4)22(16-18)29-5;/h6-8,10-13,16,20H,9,14-15,17H2,1-5H3,(H2,24,25,26);1H. The molecule has 0 aromatic heterocycles. The van der Waals surface area contributed by atoms with Gasteiger partial charge in [-0.25, -0.2) is 0 Å². The highest BCUT2D eigenvalue weighted by Crippen LogP contribution is 2.31. The van der Waals surface area contributed by atoms with Gasteiger partial charge in [0.15, 0.2) is 17.5 Å². The van der Waals surface area contributed by atoms with Crippen LogP contribution in [-0.4, -0.2) is 65.9 Å². The van der Waals surface area contributed by atoms with Crippen molar-refractivity contribution in [2.45, 2.75) is 12.5 Å². The molecule has 0 radical (unpaired) electrons. The Kier molecular flexibility index (Phi) is 12.8. The van der Waals surface area contributed by atoms with Gasteiger partial charge in [-0.15, -0.1) is 24.0 Å². The van der Waals surface area contributed by atoms with Crippen molar-refractivity contribution in [3.8, 4) is 17.2 Å². The summed E-state index contributed by atoms with van der Waals surface area (Å²) in [6.45, 7) is 2.12. The summed E-state index contributed by atoms with van der Waals surface area (Å²) >= 11 is 0. The van der Waals surface area contributed by atoms with Crippen LogP contribution in [0.5, 0.6) is 17.2 Å². The first-order valence-electron chi connectivity index (χ1n) is 10.1. The molecule has 0 saturated carbocycles. The summed E-state index contributed by atoms with van der Waals surface area (Å²) in [4.78, 5) is 6.48. The fourth-order valence-corrected chi connectivity index (χ4v) is 3.06. The molecule has 0 aliphatic heterocycles. The number of ether oxygens (including phenoxy) is 3. The first kappa shape index (κ1) is 26.8. The third-order valence-electron chi connectivity index (χ3n) is 4.73. The van der Waals surface area contributed by atoms with Gasteiger partial charge in [0.1, 0.15) is 5.75 Å². The first-order valence-corrected chi connectivity index (χ1v) is 10.1. The van der Waals surface area contributed by atoms with E-state index in [1.807, 2.05) is 42.5 Å². The molecule has 8 heteroatoms. The molecule has 2 aromatic rings. The van der Waals surface area contributed by atoms with Crippen LogP contribution in [0.3, 0.4) is 0 Å². The van der Waals surface area contributed by atoms with Crippen molar-refractivity contribution in [2.24, 2.45) is 4.99 Å². The summed E-state index contributed by atoms with van der Waals surface area (Å²) in [5, 5.41) is 6.75. The maximum absolute atomic E-state index is 5.72. The number of nitrogens with zero attached hydrogens (tertiary/aromatic N) is 2. The van der Waals surface area contributed by atoms with E-state index in [-0.39, 0.29) is 30.0 Å². The van der Waals surface area contributed by atoms with Crippen LogP contribution in [0.2, 0.25) is 0 Å². The lowest BCUT2D eigenvalue weighted by Crippen LogP contribution is -2.42. The Morgan fingerprint density at radius 2 is 1.71 bits per heavy atom. The van der Waals surface area contributed by atoms with E-state index in [0.29, 0.717) is 13.2 Å². The van der Waals surface area contributed by atoms with Crippen molar-refractivity contribution >= 4 is 29.9 Å². The number of methoxy groups -OCH3 is 2. The molecule has 31 heavy (non-hydrogen) atoms. The lowest BCUT2D eigenvalue weighted by molar-refractivity contribution is 0.295. The molecule has 1 unspecified atom stereocenters. The van der Waals surface area contributed by atoms with Gasteiger partial charge in [0.25, 0.3) is 0 Å². The van der Waals surface area contributed by atoms with Crippen LogP contribution >= 0.6 is 24.0 Å². The van der Waals surface area contributed by atoms with E-state index in [1.54, 1.807) is 21.3 Å². The van der Waals surface area contributed by atoms with E-state index in [1.165, 1.54) is 0 Å². The SMILES string of the molecule is CN=C(NCCCOc1ccccc1)NCC(c1ccc(OC)c(OC)c1)N(C)C.I. The van der Waals surface area contributed by atoms with E-state index >= 15 is 0 Å². The van der Waals surface area contributed by atoms with Crippen molar-refractivity contribution in [3.05, 3.63) is 54.1 Å². The minimum Gasteiger partial charge on any atom is -0.494 e. The quantitative estimate of drug-likeness (QED) is 0.196. The molecule has 0 fully saturated rings. The third kappa shape index (κ3) is 8.82. The topological polar surface area (TPSA) is 67.4 Å². The van der Waals surface area contributed by atoms with Crippen LogP contribution in [0.4, 0.5) is 0 Å². The number of hydrogen-bond acceptors (Lipinski definition) is 5. The number of likely N-dealkylation sites (N-methyl/N-ethyl adjacent to an activating group) is 1. The van der Waals surface area contributed by atoms with E-state index in [0.717, 1.165) is 41.7 Å². The molecule has 0 spiro atoms. The van der Waals surface area contributed by atoms with Gasteiger partial charge >= 0.3 is 0 Å². The molecule has 0 heterocycles. The Bertz CT molecular complexity index is 788. The van der Waals surface area contributed by atoms with Gasteiger partial charge in [-0.3, -0.25) is 4.99 Å². The van der Waals surface area contributed by atoms with Crippen molar-refractivity contribution in [1.82, 2.24) is 15.5 Å². The summed E-state index contributed by atoms with van der Waals surface area (Å²) < 4.78 is 16.5. The average Bonchev–Trinajstić information content (AvgIpc) is 2.77. The van der Waals surface area contributed by atoms with Gasteiger partial charge in [0, 0.05) is 20.1 Å². The second-order valence-electron chi connectivity index (χ2n) is 6.99. The highest BCUT2D eigenvalue weighted by atomic mass is 127. The normalized spacial score (nSPS) is 12.0. The summed E-state index contributed by atoms with van der Waals surface area (Å²) in [6.07, 6.45) is 0.877. The highest BCUT2D eigenvalue weighted by Gasteiger charge is 2.17. The monoisotopic (exact) mass is 542 g/mol. The van der Waals surface area contributed by atoms with Crippen LogP contribution in [-0.2, 0) is 0 Å². The summed E-state index contributed by atoms with van der Waals surface area (Å²) in [6, 6.07) is 16.0. The van der Waals surface area contributed by atoms with Gasteiger partial charge < -0.3 is 29.7 Å². The Morgan fingerprint density at radius 3 is 2.32 bits per heavy atom. The number of para-hydroxylation sites is 1. The number of aliphatic imine (C=N–C) groups is 1. The van der Waals surface area contributed by atoms with Crippen molar-refractivity contribution in [3.63, 3.8) is 0 Å². The smallest absolute Gasteiger partial charge is 0.191 e. The first-order chi connectivity index (χ1) is 14.6. The van der Waals surface area contributed by atoms with Crippen LogP contribution < -0.4 is 24.8 Å². The molecule has 172 valence electrons. The van der Waals surface area contributed by atoms with Crippen LogP contribution in [0.1, 0.15) is 18.0 Å². The molecule has 2 rings (SSSR count). The maximum atomic E-state index is 5.72. The molecule has 0 amide bonds. The Balaban J connectivity index is 0.00000480. The van der Waals surface area contributed by atoms with Crippen molar-refractivity contribution in [2.75, 3.05) is 55.1 Å². The molecule has 1 atom stereocenters. The zero-order valence-corrected chi connectivity index (χ0v) is 21.4. The van der Waals surface area contributed by atoms with Crippen LogP contribution in [0, 0.1) is 0 Å². The van der Waals surface area contributed by atoms with Crippen LogP contribution in [0.25, 0.3) is 0 Å².